The number of aryl methyl sites for hydroxylation is 2. The fourth-order valence-electron chi connectivity index (χ4n) is 1.99. The topological polar surface area (TPSA) is 77.3 Å². The van der Waals surface area contributed by atoms with Crippen LogP contribution in [0.1, 0.15) is 23.6 Å². The molecule has 0 aliphatic carbocycles. The largest absolute Gasteiger partial charge is 0.326 e. The van der Waals surface area contributed by atoms with Crippen LogP contribution in [0.25, 0.3) is 0 Å². The van der Waals surface area contributed by atoms with Gasteiger partial charge in [0.2, 0.25) is 5.91 Å². The summed E-state index contributed by atoms with van der Waals surface area (Å²) in [6.45, 7) is 7.29. The summed E-state index contributed by atoms with van der Waals surface area (Å²) in [5.74, 6) is -0.116. The van der Waals surface area contributed by atoms with E-state index in [4.69, 9.17) is 5.26 Å². The Kier molecular flexibility index (Phi) is 5.59. The zero-order chi connectivity index (χ0) is 15.3. The van der Waals surface area contributed by atoms with E-state index < -0.39 is 0 Å². The summed E-state index contributed by atoms with van der Waals surface area (Å²) in [6, 6.07) is 1.97. The molecule has 0 spiro atoms. The van der Waals surface area contributed by atoms with Crippen molar-refractivity contribution in [2.45, 2.75) is 27.7 Å². The highest BCUT2D eigenvalue weighted by Crippen LogP contribution is 2.33. The standard InChI is InChI=1S/C14H18N4OS/c1-8-6-9(2)13(18-14(20-5)16-7-15)10(3)12(8)17-11(4)19/h6H,1-5H3,(H,16,18)(H,17,19). The first-order valence-corrected chi connectivity index (χ1v) is 7.29. The number of thioether (sulfide) groups is 1. The minimum Gasteiger partial charge on any atom is -0.326 e. The first-order valence-electron chi connectivity index (χ1n) is 6.06. The van der Waals surface area contributed by atoms with Gasteiger partial charge in [-0.05, 0) is 43.7 Å². The minimum absolute atomic E-state index is 0.116. The Morgan fingerprint density at radius 2 is 2.00 bits per heavy atom. The van der Waals surface area contributed by atoms with E-state index in [0.717, 1.165) is 28.1 Å². The number of benzene rings is 1. The summed E-state index contributed by atoms with van der Waals surface area (Å²) >= 11 is 1.36. The van der Waals surface area contributed by atoms with Crippen LogP contribution in [0.2, 0.25) is 0 Å². The molecule has 0 saturated heterocycles. The molecule has 1 aromatic rings. The lowest BCUT2D eigenvalue weighted by atomic mass is 10.0. The number of anilines is 1. The number of hydrogen-bond donors (Lipinski definition) is 2. The van der Waals surface area contributed by atoms with E-state index in [1.54, 1.807) is 0 Å². The summed E-state index contributed by atoms with van der Waals surface area (Å²) in [6.07, 6.45) is 3.71. The van der Waals surface area contributed by atoms with Gasteiger partial charge in [0.25, 0.3) is 0 Å². The number of carbonyl (C=O) groups excluding carboxylic acids is 1. The van der Waals surface area contributed by atoms with Gasteiger partial charge >= 0.3 is 0 Å². The first-order chi connectivity index (χ1) is 9.40. The Labute approximate surface area is 123 Å². The van der Waals surface area contributed by atoms with E-state index >= 15 is 0 Å². The summed E-state index contributed by atoms with van der Waals surface area (Å²) in [5, 5.41) is 14.6. The number of amides is 1. The molecular weight excluding hydrogens is 272 g/mol. The summed E-state index contributed by atoms with van der Waals surface area (Å²) in [7, 11) is 0. The van der Waals surface area contributed by atoms with Gasteiger partial charge in [0.15, 0.2) is 11.4 Å². The smallest absolute Gasteiger partial charge is 0.221 e. The van der Waals surface area contributed by atoms with Gasteiger partial charge in [-0.15, -0.1) is 0 Å². The van der Waals surface area contributed by atoms with Gasteiger partial charge in [-0.25, -0.2) is 4.99 Å². The highest BCUT2D eigenvalue weighted by atomic mass is 32.2. The maximum absolute atomic E-state index is 11.3. The SMILES string of the molecule is CSC(=Nc1c(C)cc(C)c(NC(C)=O)c1C)NC#N. The highest BCUT2D eigenvalue weighted by molar-refractivity contribution is 8.13. The number of nitrogens with one attached hydrogen (secondary N) is 2. The number of amidine groups is 1. The third-order valence-electron chi connectivity index (χ3n) is 2.80. The molecule has 1 rings (SSSR count). The maximum Gasteiger partial charge on any atom is 0.221 e. The molecule has 1 aromatic carbocycles. The molecule has 0 aliphatic heterocycles. The van der Waals surface area contributed by atoms with Gasteiger partial charge in [0.05, 0.1) is 5.69 Å². The molecule has 1 amide bonds. The van der Waals surface area contributed by atoms with Crippen molar-refractivity contribution in [2.75, 3.05) is 11.6 Å². The number of nitriles is 1. The Balaban J connectivity index is 3.40. The van der Waals surface area contributed by atoms with Crippen LogP contribution >= 0.6 is 11.8 Å². The van der Waals surface area contributed by atoms with Crippen molar-refractivity contribution >= 4 is 34.2 Å². The van der Waals surface area contributed by atoms with E-state index in [0.29, 0.717) is 5.17 Å². The van der Waals surface area contributed by atoms with Gasteiger partial charge in [-0.3, -0.25) is 10.1 Å². The van der Waals surface area contributed by atoms with Crippen molar-refractivity contribution in [3.05, 3.63) is 22.8 Å². The number of nitrogens with zero attached hydrogens (tertiary/aromatic N) is 2. The van der Waals surface area contributed by atoms with Crippen molar-refractivity contribution in [1.82, 2.24) is 5.32 Å². The Morgan fingerprint density at radius 3 is 2.50 bits per heavy atom. The van der Waals surface area contributed by atoms with Crippen LogP contribution in [0.3, 0.4) is 0 Å². The molecule has 5 nitrogen and oxygen atoms in total. The van der Waals surface area contributed by atoms with E-state index in [-0.39, 0.29) is 5.91 Å². The van der Waals surface area contributed by atoms with Crippen LogP contribution in [-0.4, -0.2) is 17.3 Å². The van der Waals surface area contributed by atoms with Crippen molar-refractivity contribution in [1.29, 1.82) is 5.26 Å². The third-order valence-corrected chi connectivity index (χ3v) is 3.38. The molecule has 0 heterocycles. The first kappa shape index (κ1) is 16.1. The lowest BCUT2D eigenvalue weighted by Gasteiger charge is -2.15. The molecule has 0 fully saturated rings. The van der Waals surface area contributed by atoms with Gasteiger partial charge in [0.1, 0.15) is 0 Å². The zero-order valence-electron chi connectivity index (χ0n) is 12.3. The van der Waals surface area contributed by atoms with Crippen LogP contribution in [0.15, 0.2) is 11.1 Å². The summed E-state index contributed by atoms with van der Waals surface area (Å²) in [5.41, 5.74) is 4.43. The van der Waals surface area contributed by atoms with Gasteiger partial charge in [0, 0.05) is 12.6 Å². The molecule has 0 unspecified atom stereocenters. The monoisotopic (exact) mass is 290 g/mol. The lowest BCUT2D eigenvalue weighted by Crippen LogP contribution is -2.13. The minimum atomic E-state index is -0.116. The Bertz CT molecular complexity index is 602. The maximum atomic E-state index is 11.3. The molecule has 106 valence electrons. The van der Waals surface area contributed by atoms with Gasteiger partial charge in [-0.2, -0.15) is 5.26 Å². The zero-order valence-corrected chi connectivity index (χ0v) is 13.1. The lowest BCUT2D eigenvalue weighted by molar-refractivity contribution is -0.114. The second kappa shape index (κ2) is 6.96. The van der Waals surface area contributed by atoms with Crippen molar-refractivity contribution < 1.29 is 4.79 Å². The van der Waals surface area contributed by atoms with Crippen LogP contribution in [-0.2, 0) is 4.79 Å². The highest BCUT2D eigenvalue weighted by Gasteiger charge is 2.12. The molecule has 2 N–H and O–H groups in total. The second-order valence-electron chi connectivity index (χ2n) is 4.40. The van der Waals surface area contributed by atoms with Crippen molar-refractivity contribution in [3.8, 4) is 6.19 Å². The van der Waals surface area contributed by atoms with Crippen molar-refractivity contribution in [2.24, 2.45) is 4.99 Å². The molecule has 0 saturated carbocycles. The van der Waals surface area contributed by atoms with Crippen molar-refractivity contribution in [3.63, 3.8) is 0 Å². The van der Waals surface area contributed by atoms with Crippen LogP contribution in [0.4, 0.5) is 11.4 Å². The van der Waals surface area contributed by atoms with E-state index in [2.05, 4.69) is 15.6 Å². The fraction of sp³-hybridized carbons (Fsp3) is 0.357. The predicted molar refractivity (Wildman–Crippen MR) is 84.3 cm³/mol. The molecule has 0 aliphatic rings. The van der Waals surface area contributed by atoms with E-state index in [9.17, 15) is 4.79 Å². The molecule has 20 heavy (non-hydrogen) atoms. The molecule has 0 aromatic heterocycles. The number of rotatable bonds is 2. The number of hydrogen-bond acceptors (Lipinski definition) is 4. The fourth-order valence-corrected chi connectivity index (χ4v) is 2.32. The van der Waals surface area contributed by atoms with E-state index in [1.807, 2.05) is 39.3 Å². The van der Waals surface area contributed by atoms with Crippen LogP contribution in [0, 0.1) is 32.2 Å². The summed E-state index contributed by atoms with van der Waals surface area (Å²) < 4.78 is 0. The quantitative estimate of drug-likeness (QED) is 0.380. The van der Waals surface area contributed by atoms with Gasteiger partial charge in [-0.1, -0.05) is 17.8 Å². The number of aliphatic imine (C=N–C) groups is 1. The molecule has 6 heteroatoms. The molecule has 0 bridgehead atoms. The van der Waals surface area contributed by atoms with Crippen LogP contribution < -0.4 is 10.6 Å². The Morgan fingerprint density at radius 1 is 1.35 bits per heavy atom. The van der Waals surface area contributed by atoms with E-state index in [1.165, 1.54) is 18.7 Å². The average molecular weight is 290 g/mol. The molecular formula is C14H18N4OS. The average Bonchev–Trinajstić information content (AvgIpc) is 2.37. The number of carbonyl (C=O) groups is 1. The molecule has 0 atom stereocenters. The van der Waals surface area contributed by atoms with Crippen LogP contribution in [0.5, 0.6) is 0 Å². The van der Waals surface area contributed by atoms with Gasteiger partial charge < -0.3 is 5.32 Å². The molecule has 0 radical (unpaired) electrons. The summed E-state index contributed by atoms with van der Waals surface area (Å²) in [4.78, 5) is 15.8. The normalized spacial score (nSPS) is 10.9. The third kappa shape index (κ3) is 3.75. The predicted octanol–water partition coefficient (Wildman–Crippen LogP) is 2.99. The second-order valence-corrected chi connectivity index (χ2v) is 5.19. The Hall–Kier alpha value is -2.00.